The van der Waals surface area contributed by atoms with Gasteiger partial charge in [-0.25, -0.2) is 4.79 Å². The zero-order chi connectivity index (χ0) is 28.0. The van der Waals surface area contributed by atoms with Crippen molar-refractivity contribution in [3.8, 4) is 11.5 Å². The van der Waals surface area contributed by atoms with Crippen LogP contribution in [0.15, 0.2) is 18.2 Å². The van der Waals surface area contributed by atoms with Crippen LogP contribution in [0.5, 0.6) is 11.5 Å². The second-order valence-electron chi connectivity index (χ2n) is 9.65. The van der Waals surface area contributed by atoms with Gasteiger partial charge >= 0.3 is 24.1 Å². The summed E-state index contributed by atoms with van der Waals surface area (Å²) in [6, 6.07) is 3.65. The van der Waals surface area contributed by atoms with Crippen LogP contribution in [-0.2, 0) is 35.0 Å². The topological polar surface area (TPSA) is 140 Å². The lowest BCUT2D eigenvalue weighted by Gasteiger charge is -2.17. The monoisotopic (exact) mass is 523 g/mol. The van der Waals surface area contributed by atoms with E-state index in [-0.39, 0.29) is 44.0 Å². The Kier molecular flexibility index (Phi) is 14.3. The third-order valence-corrected chi connectivity index (χ3v) is 5.09. The van der Waals surface area contributed by atoms with Crippen molar-refractivity contribution >= 4 is 24.1 Å². The molecule has 0 aliphatic heterocycles. The van der Waals surface area contributed by atoms with Gasteiger partial charge in [0.05, 0.1) is 6.61 Å². The standard InChI is InChI=1S/C27H41NO9/c1-7-33-27(32)35-19(6)16-34-26(31)21(28)14-20-10-11-22(36-24(29)12-8-17(2)3)23(15-20)37-25(30)13-9-18(4)5/h10-11,15,17-19,21H,7-9,12-14,16,28H2,1-6H3/t19-,21-/m0/s1. The fourth-order valence-electron chi connectivity index (χ4n) is 3.00. The van der Waals surface area contributed by atoms with Crippen LogP contribution in [0.1, 0.15) is 72.8 Å². The number of carbonyl (C=O) groups is 4. The molecule has 37 heavy (non-hydrogen) atoms. The number of rotatable bonds is 15. The van der Waals surface area contributed by atoms with Crippen LogP contribution in [0.3, 0.4) is 0 Å². The molecule has 10 heteroatoms. The zero-order valence-electron chi connectivity index (χ0n) is 22.7. The van der Waals surface area contributed by atoms with Gasteiger partial charge < -0.3 is 29.4 Å². The van der Waals surface area contributed by atoms with Gasteiger partial charge in [0.2, 0.25) is 0 Å². The number of esters is 3. The number of hydrogen-bond donors (Lipinski definition) is 1. The van der Waals surface area contributed by atoms with Gasteiger partial charge in [0.1, 0.15) is 18.8 Å². The van der Waals surface area contributed by atoms with Crippen molar-refractivity contribution < 1.29 is 42.9 Å². The predicted molar refractivity (Wildman–Crippen MR) is 136 cm³/mol. The van der Waals surface area contributed by atoms with E-state index in [0.717, 1.165) is 0 Å². The average Bonchev–Trinajstić information content (AvgIpc) is 2.81. The third kappa shape index (κ3) is 13.7. The van der Waals surface area contributed by atoms with Crippen molar-refractivity contribution in [1.29, 1.82) is 0 Å². The van der Waals surface area contributed by atoms with Gasteiger partial charge in [-0.3, -0.25) is 14.4 Å². The molecule has 2 atom stereocenters. The van der Waals surface area contributed by atoms with Crippen LogP contribution >= 0.6 is 0 Å². The summed E-state index contributed by atoms with van der Waals surface area (Å²) in [6.45, 7) is 11.2. The minimum atomic E-state index is -1.03. The van der Waals surface area contributed by atoms with Crippen molar-refractivity contribution in [3.05, 3.63) is 23.8 Å². The summed E-state index contributed by atoms with van der Waals surface area (Å²) in [4.78, 5) is 48.3. The summed E-state index contributed by atoms with van der Waals surface area (Å²) in [5, 5.41) is 0. The minimum absolute atomic E-state index is 0.0735. The molecule has 0 unspecified atom stereocenters. The molecule has 0 amide bonds. The lowest BCUT2D eigenvalue weighted by Crippen LogP contribution is -2.36. The second-order valence-corrected chi connectivity index (χ2v) is 9.65. The van der Waals surface area contributed by atoms with Crippen molar-refractivity contribution in [1.82, 2.24) is 0 Å². The predicted octanol–water partition coefficient (Wildman–Crippen LogP) is 4.34. The molecule has 1 aromatic rings. The molecule has 0 fully saturated rings. The maximum Gasteiger partial charge on any atom is 0.508 e. The molecule has 0 bridgehead atoms. The van der Waals surface area contributed by atoms with E-state index in [1.54, 1.807) is 19.9 Å². The highest BCUT2D eigenvalue weighted by atomic mass is 16.7. The SMILES string of the molecule is CCOC(=O)O[C@@H](C)COC(=O)[C@@H](N)Cc1ccc(OC(=O)CCC(C)C)c(OC(=O)CCC(C)C)c1. The molecule has 0 aliphatic rings. The van der Waals surface area contributed by atoms with Crippen molar-refractivity contribution in [2.45, 2.75) is 85.8 Å². The summed E-state index contributed by atoms with van der Waals surface area (Å²) in [6.07, 6.45) is 0.269. The minimum Gasteiger partial charge on any atom is -0.461 e. The maximum absolute atomic E-state index is 12.4. The highest BCUT2D eigenvalue weighted by Crippen LogP contribution is 2.30. The van der Waals surface area contributed by atoms with Gasteiger partial charge in [0, 0.05) is 12.8 Å². The van der Waals surface area contributed by atoms with Gasteiger partial charge in [0.15, 0.2) is 11.5 Å². The first-order chi connectivity index (χ1) is 17.4. The molecule has 0 spiro atoms. The van der Waals surface area contributed by atoms with Crippen LogP contribution in [0.4, 0.5) is 4.79 Å². The van der Waals surface area contributed by atoms with E-state index in [1.807, 2.05) is 27.7 Å². The lowest BCUT2D eigenvalue weighted by molar-refractivity contribution is -0.148. The maximum atomic E-state index is 12.4. The van der Waals surface area contributed by atoms with Gasteiger partial charge in [-0.2, -0.15) is 0 Å². The Balaban J connectivity index is 2.86. The average molecular weight is 524 g/mol. The molecule has 1 rings (SSSR count). The number of carbonyl (C=O) groups excluding carboxylic acids is 4. The van der Waals surface area contributed by atoms with Crippen LogP contribution < -0.4 is 15.2 Å². The Labute approximate surface area is 219 Å². The smallest absolute Gasteiger partial charge is 0.461 e. The molecule has 1 aromatic carbocycles. The Morgan fingerprint density at radius 2 is 1.41 bits per heavy atom. The van der Waals surface area contributed by atoms with Crippen molar-refractivity contribution in [2.24, 2.45) is 17.6 Å². The number of ether oxygens (including phenoxy) is 5. The van der Waals surface area contributed by atoms with E-state index in [1.165, 1.54) is 12.1 Å². The van der Waals surface area contributed by atoms with E-state index < -0.39 is 36.2 Å². The first kappa shape index (κ1) is 31.9. The van der Waals surface area contributed by atoms with Crippen LogP contribution in [0.25, 0.3) is 0 Å². The summed E-state index contributed by atoms with van der Waals surface area (Å²) in [7, 11) is 0. The number of nitrogens with two attached hydrogens (primary N) is 1. The molecular weight excluding hydrogens is 482 g/mol. The van der Waals surface area contributed by atoms with Crippen LogP contribution in [-0.4, -0.2) is 49.4 Å². The summed E-state index contributed by atoms with van der Waals surface area (Å²) >= 11 is 0. The van der Waals surface area contributed by atoms with Gasteiger partial charge in [0.25, 0.3) is 0 Å². The van der Waals surface area contributed by atoms with Gasteiger partial charge in [-0.05, 0) is 62.6 Å². The van der Waals surface area contributed by atoms with E-state index in [9.17, 15) is 19.2 Å². The molecule has 0 radical (unpaired) electrons. The Morgan fingerprint density at radius 1 is 0.838 bits per heavy atom. The van der Waals surface area contributed by atoms with Crippen molar-refractivity contribution in [2.75, 3.05) is 13.2 Å². The number of benzene rings is 1. The molecular formula is C27H41NO9. The van der Waals surface area contributed by atoms with Gasteiger partial charge in [-0.15, -0.1) is 0 Å². The second kappa shape index (κ2) is 16.6. The number of hydrogen-bond acceptors (Lipinski definition) is 10. The molecule has 0 aromatic heterocycles. The normalized spacial score (nSPS) is 12.6. The fraction of sp³-hybridized carbons (Fsp3) is 0.630. The van der Waals surface area contributed by atoms with E-state index in [4.69, 9.17) is 24.7 Å². The first-order valence-electron chi connectivity index (χ1n) is 12.7. The van der Waals surface area contributed by atoms with E-state index in [0.29, 0.717) is 30.2 Å². The highest BCUT2D eigenvalue weighted by molar-refractivity contribution is 5.77. The molecule has 0 aliphatic carbocycles. The van der Waals surface area contributed by atoms with Gasteiger partial charge in [-0.1, -0.05) is 33.8 Å². The van der Waals surface area contributed by atoms with E-state index >= 15 is 0 Å². The van der Waals surface area contributed by atoms with Crippen molar-refractivity contribution in [3.63, 3.8) is 0 Å². The molecule has 208 valence electrons. The molecule has 0 saturated heterocycles. The molecule has 0 heterocycles. The summed E-state index contributed by atoms with van der Waals surface area (Å²) < 4.78 is 25.7. The first-order valence-corrected chi connectivity index (χ1v) is 12.7. The highest BCUT2D eigenvalue weighted by Gasteiger charge is 2.21. The quantitative estimate of drug-likeness (QED) is 0.261. The molecule has 10 nitrogen and oxygen atoms in total. The third-order valence-electron chi connectivity index (χ3n) is 5.09. The Bertz CT molecular complexity index is 898. The van der Waals surface area contributed by atoms with Crippen LogP contribution in [0, 0.1) is 11.8 Å². The Hall–Kier alpha value is -3.14. The fourth-order valence-corrected chi connectivity index (χ4v) is 3.00. The molecule has 2 N–H and O–H groups in total. The summed E-state index contributed by atoms with van der Waals surface area (Å²) in [5.41, 5.74) is 6.58. The Morgan fingerprint density at radius 3 is 1.95 bits per heavy atom. The summed E-state index contributed by atoms with van der Waals surface area (Å²) in [5.74, 6) is -0.715. The van der Waals surface area contributed by atoms with Crippen LogP contribution in [0.2, 0.25) is 0 Å². The lowest BCUT2D eigenvalue weighted by atomic mass is 10.1. The van der Waals surface area contributed by atoms with E-state index in [2.05, 4.69) is 4.74 Å². The molecule has 0 saturated carbocycles. The zero-order valence-corrected chi connectivity index (χ0v) is 22.7. The largest absolute Gasteiger partial charge is 0.508 e.